The fraction of sp³-hybridized carbons (Fsp3) is 0.100. The van der Waals surface area contributed by atoms with Crippen molar-refractivity contribution in [2.75, 3.05) is 4.72 Å². The summed E-state index contributed by atoms with van der Waals surface area (Å²) in [5.74, 6) is -0.292. The molecule has 102 valence electrons. The molecule has 5 nitrogen and oxygen atoms in total. The fourth-order valence-electron chi connectivity index (χ4n) is 1.30. The number of sulfonamides is 1. The molecule has 2 N–H and O–H groups in total. The Morgan fingerprint density at radius 1 is 1.32 bits per heavy atom. The van der Waals surface area contributed by atoms with Gasteiger partial charge in [0.15, 0.2) is 9.96 Å². The van der Waals surface area contributed by atoms with E-state index in [2.05, 4.69) is 9.71 Å². The molecule has 1 aromatic carbocycles. The van der Waals surface area contributed by atoms with Crippen LogP contribution in [0.25, 0.3) is 0 Å². The average Bonchev–Trinajstić information content (AvgIpc) is 2.73. The van der Waals surface area contributed by atoms with Crippen LogP contribution in [0.2, 0.25) is 10.0 Å². The second-order valence-electron chi connectivity index (χ2n) is 3.59. The van der Waals surface area contributed by atoms with Crippen molar-refractivity contribution in [1.82, 2.24) is 4.98 Å². The number of aromatic hydroxyl groups is 1. The maximum atomic E-state index is 12.0. The van der Waals surface area contributed by atoms with Gasteiger partial charge in [-0.3, -0.25) is 4.72 Å². The van der Waals surface area contributed by atoms with E-state index in [9.17, 15) is 13.5 Å². The van der Waals surface area contributed by atoms with Crippen molar-refractivity contribution in [3.63, 3.8) is 0 Å². The van der Waals surface area contributed by atoms with Crippen LogP contribution >= 0.6 is 34.5 Å². The van der Waals surface area contributed by atoms with Gasteiger partial charge in [-0.25, -0.2) is 13.4 Å². The van der Waals surface area contributed by atoms with Gasteiger partial charge in [0, 0.05) is 0 Å². The highest BCUT2D eigenvalue weighted by molar-refractivity contribution is 7.94. The van der Waals surface area contributed by atoms with Crippen LogP contribution in [0.15, 0.2) is 22.5 Å². The molecule has 1 heterocycles. The molecule has 2 aromatic rings. The van der Waals surface area contributed by atoms with Crippen LogP contribution in [-0.2, 0) is 10.0 Å². The molecule has 0 atom stereocenters. The molecule has 0 saturated heterocycles. The Labute approximate surface area is 123 Å². The largest absolute Gasteiger partial charge is 0.505 e. The van der Waals surface area contributed by atoms with E-state index in [0.717, 1.165) is 11.3 Å². The van der Waals surface area contributed by atoms with Crippen molar-refractivity contribution in [1.29, 1.82) is 0 Å². The lowest BCUT2D eigenvalue weighted by molar-refractivity contribution is 0.476. The van der Waals surface area contributed by atoms with Crippen LogP contribution in [-0.4, -0.2) is 18.5 Å². The van der Waals surface area contributed by atoms with Gasteiger partial charge in [0.05, 0.1) is 26.9 Å². The molecule has 2 rings (SSSR count). The summed E-state index contributed by atoms with van der Waals surface area (Å²) in [6.07, 6.45) is 1.27. The smallest absolute Gasteiger partial charge is 0.273 e. The van der Waals surface area contributed by atoms with E-state index in [4.69, 9.17) is 23.2 Å². The van der Waals surface area contributed by atoms with Gasteiger partial charge in [0.2, 0.25) is 0 Å². The molecule has 0 amide bonds. The number of benzene rings is 1. The van der Waals surface area contributed by atoms with Crippen LogP contribution in [0.3, 0.4) is 0 Å². The normalized spacial score (nSPS) is 11.5. The summed E-state index contributed by atoms with van der Waals surface area (Å²) in [6.45, 7) is 1.71. The third-order valence-electron chi connectivity index (χ3n) is 2.13. The molecule has 0 aliphatic rings. The number of halogens is 2. The predicted molar refractivity (Wildman–Crippen MR) is 75.8 cm³/mol. The summed E-state index contributed by atoms with van der Waals surface area (Å²) >= 11 is 12.5. The third-order valence-corrected chi connectivity index (χ3v) is 5.47. The second kappa shape index (κ2) is 5.16. The highest BCUT2D eigenvalue weighted by Gasteiger charge is 2.18. The second-order valence-corrected chi connectivity index (χ2v) is 7.55. The lowest BCUT2D eigenvalue weighted by atomic mass is 10.3. The Morgan fingerprint density at radius 3 is 2.37 bits per heavy atom. The average molecular weight is 339 g/mol. The quantitative estimate of drug-likeness (QED) is 0.841. The number of hydrogen-bond donors (Lipinski definition) is 2. The number of phenols is 1. The first-order valence-corrected chi connectivity index (χ1v) is 7.98. The third kappa shape index (κ3) is 3.11. The first-order valence-electron chi connectivity index (χ1n) is 4.93. The van der Waals surface area contributed by atoms with Crippen molar-refractivity contribution in [3.8, 4) is 5.75 Å². The topological polar surface area (TPSA) is 79.3 Å². The minimum Gasteiger partial charge on any atom is -0.505 e. The molecular weight excluding hydrogens is 331 g/mol. The highest BCUT2D eigenvalue weighted by Crippen LogP contribution is 2.35. The Balaban J connectivity index is 2.36. The molecule has 0 unspecified atom stereocenters. The maximum Gasteiger partial charge on any atom is 0.273 e. The number of aromatic nitrogens is 1. The molecule has 0 aliphatic carbocycles. The molecule has 0 spiro atoms. The van der Waals surface area contributed by atoms with Crippen molar-refractivity contribution < 1.29 is 13.5 Å². The molecule has 0 saturated carbocycles. The number of nitrogens with one attached hydrogen (secondary N) is 1. The van der Waals surface area contributed by atoms with Gasteiger partial charge in [-0.2, -0.15) is 0 Å². The van der Waals surface area contributed by atoms with Gasteiger partial charge in [-0.1, -0.05) is 23.2 Å². The number of phenolic OH excluding ortho intramolecular Hbond substituents is 1. The van der Waals surface area contributed by atoms with E-state index in [1.54, 1.807) is 6.92 Å². The number of anilines is 1. The SMILES string of the molecule is Cc1ncc(S(=O)(=O)Nc2cc(Cl)c(O)c(Cl)c2)s1. The first kappa shape index (κ1) is 14.4. The minimum atomic E-state index is -3.73. The summed E-state index contributed by atoms with van der Waals surface area (Å²) in [4.78, 5) is 3.88. The molecule has 0 bridgehead atoms. The van der Waals surface area contributed by atoms with Gasteiger partial charge in [0.1, 0.15) is 0 Å². The van der Waals surface area contributed by atoms with Crippen LogP contribution in [0.1, 0.15) is 5.01 Å². The van der Waals surface area contributed by atoms with Crippen molar-refractivity contribution >= 4 is 50.2 Å². The van der Waals surface area contributed by atoms with Crippen LogP contribution < -0.4 is 4.72 Å². The van der Waals surface area contributed by atoms with E-state index in [1.165, 1.54) is 18.3 Å². The van der Waals surface area contributed by atoms with Gasteiger partial charge in [-0.05, 0) is 19.1 Å². The summed E-state index contributed by atoms with van der Waals surface area (Å²) in [5, 5.41) is 9.97. The zero-order valence-electron chi connectivity index (χ0n) is 9.52. The number of hydrogen-bond acceptors (Lipinski definition) is 5. The van der Waals surface area contributed by atoms with E-state index >= 15 is 0 Å². The Bertz CT molecular complexity index is 705. The van der Waals surface area contributed by atoms with Gasteiger partial charge < -0.3 is 5.11 Å². The summed E-state index contributed by atoms with van der Waals surface area (Å²) < 4.78 is 26.5. The highest BCUT2D eigenvalue weighted by atomic mass is 35.5. The number of thiazole rings is 1. The van der Waals surface area contributed by atoms with E-state index in [0.29, 0.717) is 5.01 Å². The van der Waals surface area contributed by atoms with E-state index in [1.807, 2.05) is 0 Å². The molecule has 9 heteroatoms. The standard InChI is InChI=1S/C10H8Cl2N2O3S2/c1-5-13-4-9(18-5)19(16,17)14-6-2-7(11)10(15)8(12)3-6/h2-4,14-15H,1H3. The molecular formula is C10H8Cl2N2O3S2. The number of rotatable bonds is 3. The molecule has 19 heavy (non-hydrogen) atoms. The fourth-order valence-corrected chi connectivity index (χ4v) is 3.93. The van der Waals surface area contributed by atoms with Crippen molar-refractivity contribution in [2.24, 2.45) is 0 Å². The summed E-state index contributed by atoms with van der Waals surface area (Å²) in [6, 6.07) is 2.54. The maximum absolute atomic E-state index is 12.0. The first-order chi connectivity index (χ1) is 8.79. The van der Waals surface area contributed by atoms with Gasteiger partial charge >= 0.3 is 0 Å². The van der Waals surface area contributed by atoms with Crippen LogP contribution in [0.4, 0.5) is 5.69 Å². The van der Waals surface area contributed by atoms with Crippen LogP contribution in [0.5, 0.6) is 5.75 Å². The Kier molecular flexibility index (Phi) is 3.91. The zero-order chi connectivity index (χ0) is 14.2. The van der Waals surface area contributed by atoms with Crippen molar-refractivity contribution in [3.05, 3.63) is 33.4 Å². The lowest BCUT2D eigenvalue weighted by Gasteiger charge is -2.08. The van der Waals surface area contributed by atoms with Gasteiger partial charge in [-0.15, -0.1) is 11.3 Å². The van der Waals surface area contributed by atoms with Crippen molar-refractivity contribution in [2.45, 2.75) is 11.1 Å². The summed E-state index contributed by atoms with van der Waals surface area (Å²) in [5.41, 5.74) is 0.166. The zero-order valence-corrected chi connectivity index (χ0v) is 12.7. The molecule has 1 aromatic heterocycles. The number of nitrogens with zero attached hydrogens (tertiary/aromatic N) is 1. The Hall–Kier alpha value is -1.02. The molecule has 0 aliphatic heterocycles. The van der Waals surface area contributed by atoms with Gasteiger partial charge in [0.25, 0.3) is 10.0 Å². The summed E-state index contributed by atoms with van der Waals surface area (Å²) in [7, 11) is -3.73. The predicted octanol–water partition coefficient (Wildman–Crippen LogP) is 3.26. The van der Waals surface area contributed by atoms with Crippen LogP contribution in [0, 0.1) is 6.92 Å². The molecule has 0 radical (unpaired) electrons. The monoisotopic (exact) mass is 338 g/mol. The molecule has 0 fully saturated rings. The lowest BCUT2D eigenvalue weighted by Crippen LogP contribution is -2.11. The van der Waals surface area contributed by atoms with E-state index < -0.39 is 10.0 Å². The Morgan fingerprint density at radius 2 is 1.89 bits per heavy atom. The minimum absolute atomic E-state index is 0.0364. The van der Waals surface area contributed by atoms with E-state index in [-0.39, 0.29) is 25.7 Å². The number of aryl methyl sites for hydroxylation is 1.